The van der Waals surface area contributed by atoms with Crippen molar-refractivity contribution in [2.24, 2.45) is 0 Å². The van der Waals surface area contributed by atoms with Crippen LogP contribution in [-0.2, 0) is 16.2 Å². The molecule has 0 amide bonds. The first kappa shape index (κ1) is 39.9. The fraction of sp³-hybridized carbons (Fsp3) is 0.143. The Balaban J connectivity index is 1.19. The molecule has 0 bridgehead atoms. The Kier molecular flexibility index (Phi) is 8.90. The minimum absolute atomic E-state index is 0.0178. The lowest BCUT2D eigenvalue weighted by atomic mass is 9.70. The van der Waals surface area contributed by atoms with Crippen molar-refractivity contribution >= 4 is 56.1 Å². The molecular weight excluding hydrogens is 801 g/mol. The molecule has 1 heterocycles. The number of nitrogens with zero attached hydrogens (tertiary/aromatic N) is 2. The predicted molar refractivity (Wildman–Crippen MR) is 277 cm³/mol. The van der Waals surface area contributed by atoms with Crippen LogP contribution in [0.25, 0.3) is 44.2 Å². The Hall–Kier alpha value is -7.62. The lowest BCUT2D eigenvalue weighted by Crippen LogP contribution is -2.26. The number of hydrogen-bond donors (Lipinski definition) is 0. The van der Waals surface area contributed by atoms with Gasteiger partial charge in [0.2, 0.25) is 0 Å². The van der Waals surface area contributed by atoms with Gasteiger partial charge in [-0.2, -0.15) is 0 Å². The molecule has 0 atom stereocenters. The van der Waals surface area contributed by atoms with E-state index < -0.39 is 5.41 Å². The second kappa shape index (κ2) is 14.7. The number of hydrogen-bond acceptors (Lipinski definition) is 3. The number of fused-ring (bicyclic) bond motifs is 14. The molecule has 1 aromatic heterocycles. The maximum atomic E-state index is 7.28. The van der Waals surface area contributed by atoms with E-state index in [0.717, 1.165) is 61.6 Å². The molecule has 0 aliphatic heterocycles. The Morgan fingerprint density at radius 1 is 0.379 bits per heavy atom. The summed E-state index contributed by atoms with van der Waals surface area (Å²) in [7, 11) is 0. The van der Waals surface area contributed by atoms with Crippen molar-refractivity contribution in [3.8, 4) is 22.3 Å². The molecule has 0 fully saturated rings. The first-order valence-electron chi connectivity index (χ1n) is 23.3. The number of furan rings is 1. The van der Waals surface area contributed by atoms with Crippen LogP contribution in [0, 0.1) is 0 Å². The van der Waals surface area contributed by atoms with Crippen molar-refractivity contribution in [1.29, 1.82) is 0 Å². The van der Waals surface area contributed by atoms with Crippen LogP contribution < -0.4 is 9.80 Å². The smallest absolute Gasteiger partial charge is 0.145 e. The average molecular weight is 853 g/mol. The molecule has 10 aromatic rings. The molecule has 66 heavy (non-hydrogen) atoms. The van der Waals surface area contributed by atoms with Crippen molar-refractivity contribution in [1.82, 2.24) is 0 Å². The van der Waals surface area contributed by atoms with Gasteiger partial charge >= 0.3 is 0 Å². The van der Waals surface area contributed by atoms with E-state index in [4.69, 9.17) is 4.42 Å². The summed E-state index contributed by atoms with van der Waals surface area (Å²) in [6, 6.07) is 76.3. The standard InChI is InChI=1S/C63H52N2O/c1-61(2,3)41-29-33-45(34-30-41)64(43-19-9-7-10-20-43)47-37-38-50-54(39-47)63(52-26-16-13-23-48(52)49-24-14-17-27-53(49)63)55-40-56(59-51-25-15-18-28-57(51)66-60(59)58(50)55)65(44-21-11-8-12-22-44)46-35-31-42(32-36-46)62(4,5)6/h7-40H,1-6H3. The van der Waals surface area contributed by atoms with Crippen LogP contribution in [0.15, 0.2) is 211 Å². The van der Waals surface area contributed by atoms with Gasteiger partial charge < -0.3 is 14.2 Å². The average Bonchev–Trinajstić information content (AvgIpc) is 3.97. The highest BCUT2D eigenvalue weighted by Gasteiger charge is 2.53. The zero-order chi connectivity index (χ0) is 45.0. The molecular formula is C63H52N2O. The summed E-state index contributed by atoms with van der Waals surface area (Å²) in [6.45, 7) is 13.7. The van der Waals surface area contributed by atoms with Crippen LogP contribution in [0.3, 0.4) is 0 Å². The van der Waals surface area contributed by atoms with E-state index >= 15 is 0 Å². The molecule has 3 heteroatoms. The summed E-state index contributed by atoms with van der Waals surface area (Å²) >= 11 is 0. The van der Waals surface area contributed by atoms with Crippen LogP contribution in [-0.4, -0.2) is 0 Å². The fourth-order valence-electron chi connectivity index (χ4n) is 11.0. The van der Waals surface area contributed by atoms with Gasteiger partial charge in [-0.05, 0) is 134 Å². The minimum Gasteiger partial charge on any atom is -0.455 e. The van der Waals surface area contributed by atoms with E-state index in [1.165, 1.54) is 50.1 Å². The molecule has 320 valence electrons. The van der Waals surface area contributed by atoms with Crippen molar-refractivity contribution in [2.45, 2.75) is 57.8 Å². The third-order valence-electron chi connectivity index (χ3n) is 14.2. The van der Waals surface area contributed by atoms with E-state index in [1.807, 2.05) is 0 Å². The quantitative estimate of drug-likeness (QED) is 0.166. The van der Waals surface area contributed by atoms with Crippen LogP contribution in [0.2, 0.25) is 0 Å². The summed E-state index contributed by atoms with van der Waals surface area (Å²) in [5.74, 6) is 0. The van der Waals surface area contributed by atoms with Gasteiger partial charge in [-0.15, -0.1) is 0 Å². The summed E-state index contributed by atoms with van der Waals surface area (Å²) in [4.78, 5) is 4.86. The second-order valence-electron chi connectivity index (χ2n) is 20.1. The molecule has 0 unspecified atom stereocenters. The summed E-state index contributed by atoms with van der Waals surface area (Å²) < 4.78 is 7.28. The number of para-hydroxylation sites is 3. The molecule has 0 saturated heterocycles. The molecule has 3 nitrogen and oxygen atoms in total. The Labute approximate surface area is 388 Å². The Morgan fingerprint density at radius 3 is 1.42 bits per heavy atom. The Bertz CT molecular complexity index is 3430. The topological polar surface area (TPSA) is 19.6 Å². The largest absolute Gasteiger partial charge is 0.455 e. The number of rotatable bonds is 6. The first-order valence-corrected chi connectivity index (χ1v) is 23.3. The molecule has 2 aliphatic carbocycles. The lowest BCUT2D eigenvalue weighted by molar-refractivity contribution is 0.590. The molecule has 1 spiro atoms. The summed E-state index contributed by atoms with van der Waals surface area (Å²) in [5, 5.41) is 2.20. The third-order valence-corrected chi connectivity index (χ3v) is 14.2. The van der Waals surface area contributed by atoms with Gasteiger partial charge in [0.05, 0.1) is 16.5 Å². The summed E-state index contributed by atoms with van der Waals surface area (Å²) in [6.07, 6.45) is 0. The fourth-order valence-corrected chi connectivity index (χ4v) is 11.0. The van der Waals surface area contributed by atoms with Gasteiger partial charge in [0.1, 0.15) is 11.2 Å². The van der Waals surface area contributed by atoms with Crippen LogP contribution in [0.4, 0.5) is 34.1 Å². The van der Waals surface area contributed by atoms with Crippen molar-refractivity contribution in [2.75, 3.05) is 9.80 Å². The van der Waals surface area contributed by atoms with Crippen molar-refractivity contribution < 1.29 is 4.42 Å². The monoisotopic (exact) mass is 852 g/mol. The molecule has 0 saturated carbocycles. The molecule has 0 radical (unpaired) electrons. The van der Waals surface area contributed by atoms with Gasteiger partial charge in [0.15, 0.2) is 0 Å². The summed E-state index contributed by atoms with van der Waals surface area (Å²) in [5.41, 5.74) is 20.3. The van der Waals surface area contributed by atoms with Crippen LogP contribution >= 0.6 is 0 Å². The number of anilines is 6. The highest BCUT2D eigenvalue weighted by molar-refractivity contribution is 6.20. The SMILES string of the molecule is CC(C)(C)c1ccc(N(c2ccccc2)c2ccc3c(c2)C2(c4ccccc4-c4ccccc42)c2cc(N(c4ccccc4)c4ccc(C(C)(C)C)cc4)c4c(oc5ccccc54)c2-3)cc1. The molecule has 9 aromatic carbocycles. The van der Waals surface area contributed by atoms with Gasteiger partial charge in [0, 0.05) is 39.4 Å². The highest BCUT2D eigenvalue weighted by Crippen LogP contribution is 2.66. The van der Waals surface area contributed by atoms with Gasteiger partial charge in [0.25, 0.3) is 0 Å². The second-order valence-corrected chi connectivity index (χ2v) is 20.1. The third kappa shape index (κ3) is 5.96. The predicted octanol–water partition coefficient (Wildman–Crippen LogP) is 17.5. The van der Waals surface area contributed by atoms with Gasteiger partial charge in [-0.3, -0.25) is 0 Å². The molecule has 2 aliphatic rings. The minimum atomic E-state index is -0.660. The van der Waals surface area contributed by atoms with E-state index in [1.54, 1.807) is 0 Å². The molecule has 12 rings (SSSR count). The maximum absolute atomic E-state index is 7.28. The Morgan fingerprint density at radius 2 is 0.848 bits per heavy atom. The number of benzene rings is 9. The van der Waals surface area contributed by atoms with Crippen LogP contribution in [0.1, 0.15) is 74.9 Å². The molecule has 0 N–H and O–H groups in total. The van der Waals surface area contributed by atoms with Gasteiger partial charge in [-0.1, -0.05) is 175 Å². The lowest BCUT2D eigenvalue weighted by Gasteiger charge is -2.33. The van der Waals surface area contributed by atoms with Crippen molar-refractivity contribution in [3.63, 3.8) is 0 Å². The van der Waals surface area contributed by atoms with E-state index in [2.05, 4.69) is 258 Å². The van der Waals surface area contributed by atoms with Gasteiger partial charge in [-0.25, -0.2) is 0 Å². The maximum Gasteiger partial charge on any atom is 0.145 e. The first-order chi connectivity index (χ1) is 32.0. The van der Waals surface area contributed by atoms with Crippen LogP contribution in [0.5, 0.6) is 0 Å². The van der Waals surface area contributed by atoms with Crippen molar-refractivity contribution in [3.05, 3.63) is 240 Å². The zero-order valence-electron chi connectivity index (χ0n) is 38.4. The van der Waals surface area contributed by atoms with E-state index in [0.29, 0.717) is 0 Å². The van der Waals surface area contributed by atoms with E-state index in [9.17, 15) is 0 Å². The zero-order valence-corrected chi connectivity index (χ0v) is 38.4. The normalized spacial score (nSPS) is 13.4. The highest BCUT2D eigenvalue weighted by atomic mass is 16.3. The van der Waals surface area contributed by atoms with E-state index in [-0.39, 0.29) is 10.8 Å².